The van der Waals surface area contributed by atoms with Crippen molar-refractivity contribution in [2.45, 2.75) is 46.1 Å². The largest absolute Gasteiger partial charge is 0.477 e. The van der Waals surface area contributed by atoms with E-state index in [9.17, 15) is 4.79 Å². The van der Waals surface area contributed by atoms with E-state index in [4.69, 9.17) is 4.74 Å². The minimum Gasteiger partial charge on any atom is -0.477 e. The number of pyridine rings is 1. The van der Waals surface area contributed by atoms with Gasteiger partial charge in [0.05, 0.1) is 13.2 Å². The summed E-state index contributed by atoms with van der Waals surface area (Å²) < 4.78 is 5.75. The molecule has 0 saturated heterocycles. The first-order valence-corrected chi connectivity index (χ1v) is 9.61. The maximum atomic E-state index is 11.6. The fourth-order valence-electron chi connectivity index (χ4n) is 2.35. The quantitative estimate of drug-likeness (QED) is 0.193. The van der Waals surface area contributed by atoms with Gasteiger partial charge in [-0.15, -0.1) is 24.0 Å². The molecule has 8 heteroatoms. The lowest BCUT2D eigenvalue weighted by Crippen LogP contribution is -2.41. The van der Waals surface area contributed by atoms with Crippen LogP contribution in [0.15, 0.2) is 23.3 Å². The molecule has 1 amide bonds. The highest BCUT2D eigenvalue weighted by Gasteiger charge is 2.28. The normalized spacial score (nSPS) is 13.5. The standard InChI is InChI=1S/C19H31N5O2.HI/c1-3-5-13-26-18-16(7-6-10-22-18)14-24-19(20-4-2)23-12-11-21-17(25)15-8-9-15;/h6-7,10,15H,3-5,8-9,11-14H2,1-2H3,(H,21,25)(H2,20,23,24);1H. The Balaban J connectivity index is 0.00000364. The number of amides is 1. The van der Waals surface area contributed by atoms with Gasteiger partial charge in [0.2, 0.25) is 11.8 Å². The smallest absolute Gasteiger partial charge is 0.223 e. The Labute approximate surface area is 179 Å². The van der Waals surface area contributed by atoms with Gasteiger partial charge in [-0.2, -0.15) is 0 Å². The molecule has 7 nitrogen and oxygen atoms in total. The minimum atomic E-state index is 0. The fourth-order valence-corrected chi connectivity index (χ4v) is 2.35. The van der Waals surface area contributed by atoms with Crippen molar-refractivity contribution in [3.63, 3.8) is 0 Å². The first-order chi connectivity index (χ1) is 12.7. The molecular weight excluding hydrogens is 457 g/mol. The average Bonchev–Trinajstić information content (AvgIpc) is 3.49. The monoisotopic (exact) mass is 489 g/mol. The molecule has 3 N–H and O–H groups in total. The molecule has 1 saturated carbocycles. The van der Waals surface area contributed by atoms with Gasteiger partial charge in [0.15, 0.2) is 5.96 Å². The minimum absolute atomic E-state index is 0. The van der Waals surface area contributed by atoms with Crippen molar-refractivity contribution in [2.24, 2.45) is 10.9 Å². The van der Waals surface area contributed by atoms with Crippen molar-refractivity contribution in [1.29, 1.82) is 0 Å². The van der Waals surface area contributed by atoms with E-state index in [0.29, 0.717) is 32.1 Å². The average molecular weight is 489 g/mol. The van der Waals surface area contributed by atoms with E-state index >= 15 is 0 Å². The van der Waals surface area contributed by atoms with Crippen molar-refractivity contribution >= 4 is 35.8 Å². The summed E-state index contributed by atoms with van der Waals surface area (Å²) in [6, 6.07) is 3.88. The highest BCUT2D eigenvalue weighted by atomic mass is 127. The van der Waals surface area contributed by atoms with Crippen molar-refractivity contribution in [2.75, 3.05) is 26.2 Å². The molecular formula is C19H32IN5O2. The van der Waals surface area contributed by atoms with Crippen molar-refractivity contribution in [3.8, 4) is 5.88 Å². The zero-order valence-electron chi connectivity index (χ0n) is 16.3. The third-order valence-electron chi connectivity index (χ3n) is 4.00. The van der Waals surface area contributed by atoms with Crippen LogP contribution < -0.4 is 20.7 Å². The van der Waals surface area contributed by atoms with Gasteiger partial charge in [0, 0.05) is 37.3 Å². The Morgan fingerprint density at radius 2 is 2.04 bits per heavy atom. The summed E-state index contributed by atoms with van der Waals surface area (Å²) in [6.45, 7) is 7.31. The number of rotatable bonds is 11. The number of unbranched alkanes of at least 4 members (excludes halogenated alkanes) is 1. The van der Waals surface area contributed by atoms with E-state index in [0.717, 1.165) is 43.8 Å². The molecule has 0 radical (unpaired) electrons. The van der Waals surface area contributed by atoms with Crippen LogP contribution in [0.4, 0.5) is 0 Å². The fraction of sp³-hybridized carbons (Fsp3) is 0.632. The Kier molecular flexibility index (Phi) is 11.8. The number of nitrogens with one attached hydrogen (secondary N) is 3. The molecule has 1 aromatic rings. The molecule has 0 aliphatic heterocycles. The zero-order valence-corrected chi connectivity index (χ0v) is 18.6. The molecule has 1 aromatic heterocycles. The maximum absolute atomic E-state index is 11.6. The lowest BCUT2D eigenvalue weighted by atomic mass is 10.3. The number of aliphatic imine (C=N–C) groups is 1. The third kappa shape index (κ3) is 9.25. The number of carbonyl (C=O) groups excluding carboxylic acids is 1. The van der Waals surface area contributed by atoms with Gasteiger partial charge in [0.1, 0.15) is 0 Å². The van der Waals surface area contributed by atoms with E-state index < -0.39 is 0 Å². The van der Waals surface area contributed by atoms with Gasteiger partial charge in [-0.1, -0.05) is 19.4 Å². The molecule has 1 fully saturated rings. The summed E-state index contributed by atoms with van der Waals surface area (Å²) in [7, 11) is 0. The second kappa shape index (κ2) is 13.6. The SMILES string of the molecule is CCCCOc1ncccc1CN=C(NCC)NCCNC(=O)C1CC1.I. The Bertz CT molecular complexity index is 593. The van der Waals surface area contributed by atoms with Crippen LogP contribution in [0.1, 0.15) is 45.1 Å². The van der Waals surface area contributed by atoms with Gasteiger partial charge in [0.25, 0.3) is 0 Å². The Morgan fingerprint density at radius 1 is 1.26 bits per heavy atom. The number of guanidine groups is 1. The van der Waals surface area contributed by atoms with Crippen LogP contribution in [-0.4, -0.2) is 43.1 Å². The van der Waals surface area contributed by atoms with Crippen molar-refractivity contribution < 1.29 is 9.53 Å². The molecule has 1 aliphatic carbocycles. The molecule has 27 heavy (non-hydrogen) atoms. The van der Waals surface area contributed by atoms with Crippen LogP contribution in [0.25, 0.3) is 0 Å². The van der Waals surface area contributed by atoms with Crippen LogP contribution in [0, 0.1) is 5.92 Å². The van der Waals surface area contributed by atoms with Crippen LogP contribution in [-0.2, 0) is 11.3 Å². The molecule has 0 atom stereocenters. The molecule has 0 spiro atoms. The number of carbonyl (C=O) groups is 1. The third-order valence-corrected chi connectivity index (χ3v) is 4.00. The van der Waals surface area contributed by atoms with Gasteiger partial charge in [-0.25, -0.2) is 9.98 Å². The summed E-state index contributed by atoms with van der Waals surface area (Å²) in [5.41, 5.74) is 0.961. The number of ether oxygens (including phenoxy) is 1. The van der Waals surface area contributed by atoms with Gasteiger partial charge in [-0.05, 0) is 32.3 Å². The maximum Gasteiger partial charge on any atom is 0.223 e. The van der Waals surface area contributed by atoms with Gasteiger partial charge >= 0.3 is 0 Å². The van der Waals surface area contributed by atoms with E-state index in [2.05, 4.69) is 32.9 Å². The summed E-state index contributed by atoms with van der Waals surface area (Å²) in [5, 5.41) is 9.39. The van der Waals surface area contributed by atoms with E-state index in [1.807, 2.05) is 19.1 Å². The summed E-state index contributed by atoms with van der Waals surface area (Å²) in [5.74, 6) is 1.78. The lowest BCUT2D eigenvalue weighted by Gasteiger charge is -2.13. The highest BCUT2D eigenvalue weighted by molar-refractivity contribution is 14.0. The van der Waals surface area contributed by atoms with E-state index in [1.54, 1.807) is 6.20 Å². The van der Waals surface area contributed by atoms with Crippen LogP contribution >= 0.6 is 24.0 Å². The number of nitrogens with zero attached hydrogens (tertiary/aromatic N) is 2. The lowest BCUT2D eigenvalue weighted by molar-refractivity contribution is -0.122. The highest BCUT2D eigenvalue weighted by Crippen LogP contribution is 2.28. The van der Waals surface area contributed by atoms with Crippen LogP contribution in [0.2, 0.25) is 0 Å². The van der Waals surface area contributed by atoms with Gasteiger partial charge < -0.3 is 20.7 Å². The summed E-state index contributed by atoms with van der Waals surface area (Å²) in [6.07, 6.45) is 5.89. The molecule has 1 aliphatic rings. The molecule has 152 valence electrons. The molecule has 1 heterocycles. The first kappa shape index (κ1) is 23.5. The number of aromatic nitrogens is 1. The zero-order chi connectivity index (χ0) is 18.6. The van der Waals surface area contributed by atoms with Gasteiger partial charge in [-0.3, -0.25) is 4.79 Å². The number of halogens is 1. The molecule has 2 rings (SSSR count). The topological polar surface area (TPSA) is 87.6 Å². The van der Waals surface area contributed by atoms with Crippen molar-refractivity contribution in [3.05, 3.63) is 23.9 Å². The summed E-state index contributed by atoms with van der Waals surface area (Å²) in [4.78, 5) is 20.5. The first-order valence-electron chi connectivity index (χ1n) is 9.61. The molecule has 0 aromatic carbocycles. The molecule has 0 bridgehead atoms. The summed E-state index contributed by atoms with van der Waals surface area (Å²) >= 11 is 0. The van der Waals surface area contributed by atoms with Crippen LogP contribution in [0.3, 0.4) is 0 Å². The molecule has 0 unspecified atom stereocenters. The second-order valence-electron chi connectivity index (χ2n) is 6.36. The Morgan fingerprint density at radius 3 is 2.74 bits per heavy atom. The Hall–Kier alpha value is -1.58. The van der Waals surface area contributed by atoms with E-state index in [1.165, 1.54) is 0 Å². The van der Waals surface area contributed by atoms with Crippen LogP contribution in [0.5, 0.6) is 5.88 Å². The second-order valence-corrected chi connectivity index (χ2v) is 6.36. The predicted molar refractivity (Wildman–Crippen MR) is 119 cm³/mol. The number of hydrogen-bond donors (Lipinski definition) is 3. The van der Waals surface area contributed by atoms with Crippen molar-refractivity contribution in [1.82, 2.24) is 20.9 Å². The number of hydrogen-bond acceptors (Lipinski definition) is 4. The van der Waals surface area contributed by atoms with E-state index in [-0.39, 0.29) is 35.8 Å². The predicted octanol–water partition coefficient (Wildman–Crippen LogP) is 2.46.